The molecule has 1 heterocycles. The summed E-state index contributed by atoms with van der Waals surface area (Å²) in [5.74, 6) is 0.840. The van der Waals surface area contributed by atoms with Crippen LogP contribution < -0.4 is 10.1 Å². The number of benzene rings is 1. The van der Waals surface area contributed by atoms with Gasteiger partial charge in [0.15, 0.2) is 0 Å². The minimum Gasteiger partial charge on any atom is -0.497 e. The lowest BCUT2D eigenvalue weighted by molar-refractivity contribution is 0.00822. The zero-order chi connectivity index (χ0) is 14.2. The van der Waals surface area contributed by atoms with Crippen LogP contribution in [0.4, 0.5) is 0 Å². The van der Waals surface area contributed by atoms with Gasteiger partial charge in [-0.1, -0.05) is 12.1 Å². The number of methoxy groups -OCH3 is 1. The smallest absolute Gasteiger partial charge is 0.118 e. The van der Waals surface area contributed by atoms with E-state index in [-0.39, 0.29) is 0 Å². The molecule has 1 aromatic carbocycles. The van der Waals surface area contributed by atoms with Gasteiger partial charge in [0.1, 0.15) is 5.75 Å². The van der Waals surface area contributed by atoms with E-state index in [0.29, 0.717) is 19.8 Å². The van der Waals surface area contributed by atoms with Crippen LogP contribution in [0.3, 0.4) is 0 Å². The Kier molecular flexibility index (Phi) is 6.26. The first-order chi connectivity index (χ1) is 9.78. The van der Waals surface area contributed by atoms with E-state index >= 15 is 0 Å². The molecule has 1 unspecified atom stereocenters. The molecule has 2 rings (SSSR count). The molecule has 0 amide bonds. The zero-order valence-electron chi connectivity index (χ0n) is 12.0. The summed E-state index contributed by atoms with van der Waals surface area (Å²) in [4.78, 5) is 2.26. The number of hydrogen-bond donors (Lipinski definition) is 2. The van der Waals surface area contributed by atoms with E-state index in [1.165, 1.54) is 0 Å². The molecule has 0 spiro atoms. The van der Waals surface area contributed by atoms with E-state index in [4.69, 9.17) is 9.47 Å². The Morgan fingerprint density at radius 2 is 1.95 bits per heavy atom. The van der Waals surface area contributed by atoms with Crippen LogP contribution in [-0.4, -0.2) is 62.6 Å². The first-order valence-corrected chi connectivity index (χ1v) is 7.10. The Labute approximate surface area is 120 Å². The second-order valence-corrected chi connectivity index (χ2v) is 5.07. The van der Waals surface area contributed by atoms with Crippen LogP contribution in [0.1, 0.15) is 5.56 Å². The van der Waals surface area contributed by atoms with Gasteiger partial charge in [0, 0.05) is 32.7 Å². The predicted molar refractivity (Wildman–Crippen MR) is 78.0 cm³/mol. The van der Waals surface area contributed by atoms with E-state index in [9.17, 15) is 5.11 Å². The number of ether oxygens (including phenoxy) is 2. The van der Waals surface area contributed by atoms with Crippen LogP contribution in [0.25, 0.3) is 0 Å². The minimum absolute atomic E-state index is 0.371. The maximum absolute atomic E-state index is 9.95. The normalized spacial score (nSPS) is 17.9. The fourth-order valence-corrected chi connectivity index (χ4v) is 2.28. The standard InChI is InChI=1S/C15H24N2O3/c1-19-15-4-2-13(3-5-15)11-20-12-14(18)10-17-8-6-16-7-9-17/h2-5,14,16,18H,6-12H2,1H3. The largest absolute Gasteiger partial charge is 0.497 e. The highest BCUT2D eigenvalue weighted by atomic mass is 16.5. The van der Waals surface area contributed by atoms with Crippen LogP contribution in [0.15, 0.2) is 24.3 Å². The van der Waals surface area contributed by atoms with Crippen molar-refractivity contribution in [2.45, 2.75) is 12.7 Å². The van der Waals surface area contributed by atoms with Gasteiger partial charge in [-0.25, -0.2) is 0 Å². The Hall–Kier alpha value is -1.14. The van der Waals surface area contributed by atoms with Crippen molar-refractivity contribution in [3.05, 3.63) is 29.8 Å². The number of nitrogens with zero attached hydrogens (tertiary/aromatic N) is 1. The van der Waals surface area contributed by atoms with Gasteiger partial charge in [0.05, 0.1) is 26.4 Å². The molecule has 1 fully saturated rings. The summed E-state index contributed by atoms with van der Waals surface area (Å²) >= 11 is 0. The summed E-state index contributed by atoms with van der Waals surface area (Å²) in [6, 6.07) is 7.77. The van der Waals surface area contributed by atoms with Crippen molar-refractivity contribution in [1.29, 1.82) is 0 Å². The van der Waals surface area contributed by atoms with Gasteiger partial charge < -0.3 is 19.9 Å². The molecule has 0 saturated carbocycles. The summed E-state index contributed by atoms with van der Waals surface area (Å²) < 4.78 is 10.7. The molecule has 0 aromatic heterocycles. The summed E-state index contributed by atoms with van der Waals surface area (Å²) in [6.07, 6.45) is -0.425. The van der Waals surface area contributed by atoms with Crippen LogP contribution in [-0.2, 0) is 11.3 Å². The van der Waals surface area contributed by atoms with E-state index in [1.54, 1.807) is 7.11 Å². The molecule has 5 heteroatoms. The molecule has 0 radical (unpaired) electrons. The van der Waals surface area contributed by atoms with Crippen LogP contribution >= 0.6 is 0 Å². The Morgan fingerprint density at radius 1 is 1.25 bits per heavy atom. The third-order valence-corrected chi connectivity index (χ3v) is 3.42. The SMILES string of the molecule is COc1ccc(COCC(O)CN2CCNCC2)cc1. The van der Waals surface area contributed by atoms with Gasteiger partial charge in [0.25, 0.3) is 0 Å². The molecular weight excluding hydrogens is 256 g/mol. The third-order valence-electron chi connectivity index (χ3n) is 3.42. The van der Waals surface area contributed by atoms with Crippen molar-refractivity contribution >= 4 is 0 Å². The molecule has 2 N–H and O–H groups in total. The second-order valence-electron chi connectivity index (χ2n) is 5.07. The molecule has 20 heavy (non-hydrogen) atoms. The number of β-amino-alcohol motifs (C(OH)–C–C–N with tert-alkyl or cyclic N) is 1. The molecule has 1 atom stereocenters. The Bertz CT molecular complexity index is 377. The average Bonchev–Trinajstić information content (AvgIpc) is 2.49. The number of hydrogen-bond acceptors (Lipinski definition) is 5. The highest BCUT2D eigenvalue weighted by molar-refractivity contribution is 5.26. The third kappa shape index (κ3) is 5.09. The first kappa shape index (κ1) is 15.3. The predicted octanol–water partition coefficient (Wildman–Crippen LogP) is 0.478. The maximum Gasteiger partial charge on any atom is 0.118 e. The fraction of sp³-hybridized carbons (Fsp3) is 0.600. The topological polar surface area (TPSA) is 54.0 Å². The van der Waals surface area contributed by atoms with Crippen molar-refractivity contribution in [1.82, 2.24) is 10.2 Å². The Balaban J connectivity index is 1.63. The number of piperazine rings is 1. The number of aliphatic hydroxyl groups excluding tert-OH is 1. The second kappa shape index (κ2) is 8.21. The summed E-state index contributed by atoms with van der Waals surface area (Å²) in [5, 5.41) is 13.3. The summed E-state index contributed by atoms with van der Waals surface area (Å²) in [5.41, 5.74) is 1.08. The molecule has 0 aliphatic carbocycles. The average molecular weight is 280 g/mol. The minimum atomic E-state index is -0.425. The molecule has 1 aliphatic heterocycles. The first-order valence-electron chi connectivity index (χ1n) is 7.10. The number of aliphatic hydroxyl groups is 1. The Morgan fingerprint density at radius 3 is 2.60 bits per heavy atom. The molecular formula is C15H24N2O3. The van der Waals surface area contributed by atoms with Gasteiger partial charge in [-0.05, 0) is 17.7 Å². The maximum atomic E-state index is 9.95. The fourth-order valence-electron chi connectivity index (χ4n) is 2.28. The highest BCUT2D eigenvalue weighted by Gasteiger charge is 2.14. The van der Waals surface area contributed by atoms with Crippen molar-refractivity contribution in [2.24, 2.45) is 0 Å². The summed E-state index contributed by atoms with van der Waals surface area (Å²) in [7, 11) is 1.65. The van der Waals surface area contributed by atoms with E-state index in [0.717, 1.165) is 37.5 Å². The highest BCUT2D eigenvalue weighted by Crippen LogP contribution is 2.12. The van der Waals surface area contributed by atoms with Crippen LogP contribution in [0.5, 0.6) is 5.75 Å². The van der Waals surface area contributed by atoms with E-state index in [2.05, 4.69) is 10.2 Å². The lowest BCUT2D eigenvalue weighted by Gasteiger charge is -2.28. The summed E-state index contributed by atoms with van der Waals surface area (Å²) in [6.45, 7) is 5.56. The van der Waals surface area contributed by atoms with Gasteiger partial charge in [-0.3, -0.25) is 4.90 Å². The van der Waals surface area contributed by atoms with Gasteiger partial charge in [0.2, 0.25) is 0 Å². The van der Waals surface area contributed by atoms with Crippen molar-refractivity contribution in [2.75, 3.05) is 46.4 Å². The molecule has 1 aliphatic rings. The van der Waals surface area contributed by atoms with Crippen molar-refractivity contribution in [3.63, 3.8) is 0 Å². The quantitative estimate of drug-likeness (QED) is 0.761. The van der Waals surface area contributed by atoms with Gasteiger partial charge in [-0.2, -0.15) is 0 Å². The van der Waals surface area contributed by atoms with Gasteiger partial charge in [-0.15, -0.1) is 0 Å². The molecule has 112 valence electrons. The van der Waals surface area contributed by atoms with E-state index < -0.39 is 6.10 Å². The molecule has 1 saturated heterocycles. The lowest BCUT2D eigenvalue weighted by atomic mass is 10.2. The molecule has 1 aromatic rings. The lowest BCUT2D eigenvalue weighted by Crippen LogP contribution is -2.47. The van der Waals surface area contributed by atoms with Gasteiger partial charge >= 0.3 is 0 Å². The monoisotopic (exact) mass is 280 g/mol. The number of nitrogens with one attached hydrogen (secondary N) is 1. The van der Waals surface area contributed by atoms with Crippen molar-refractivity contribution < 1.29 is 14.6 Å². The number of rotatable bonds is 7. The van der Waals surface area contributed by atoms with Crippen molar-refractivity contribution in [3.8, 4) is 5.75 Å². The van der Waals surface area contributed by atoms with Crippen LogP contribution in [0, 0.1) is 0 Å². The molecule has 5 nitrogen and oxygen atoms in total. The van der Waals surface area contributed by atoms with E-state index in [1.807, 2.05) is 24.3 Å². The van der Waals surface area contributed by atoms with Crippen LogP contribution in [0.2, 0.25) is 0 Å². The zero-order valence-corrected chi connectivity index (χ0v) is 12.0. The molecule has 0 bridgehead atoms.